The van der Waals surface area contributed by atoms with Gasteiger partial charge in [-0.2, -0.15) is 0 Å². The van der Waals surface area contributed by atoms with Gasteiger partial charge in [-0.25, -0.2) is 0 Å². The Kier molecular flexibility index (Phi) is 3.54. The standard InChI is InChI=1S/C16H17Cl2N3O/c17-11-5-6-12(22)14(15(11)18)10-7-13-19-20-16(21(13)8-10)9-3-1-2-4-9/h5-6,9-10,22H,1-4,7-8H2/t10-/m1/s1. The van der Waals surface area contributed by atoms with E-state index in [0.29, 0.717) is 16.0 Å². The summed E-state index contributed by atoms with van der Waals surface area (Å²) in [4.78, 5) is 0. The molecule has 2 aromatic rings. The largest absolute Gasteiger partial charge is 0.508 e. The third-order valence-electron chi connectivity index (χ3n) is 4.93. The molecule has 1 aromatic heterocycles. The van der Waals surface area contributed by atoms with Crippen molar-refractivity contribution in [2.24, 2.45) is 0 Å². The molecule has 2 aliphatic rings. The minimum absolute atomic E-state index is 0.108. The first-order valence-electron chi connectivity index (χ1n) is 7.74. The average molecular weight is 338 g/mol. The van der Waals surface area contributed by atoms with Crippen LogP contribution < -0.4 is 0 Å². The highest BCUT2D eigenvalue weighted by atomic mass is 35.5. The van der Waals surface area contributed by atoms with Crippen molar-refractivity contribution in [3.8, 4) is 5.75 Å². The van der Waals surface area contributed by atoms with Gasteiger partial charge in [0.2, 0.25) is 0 Å². The Hall–Kier alpha value is -1.26. The minimum Gasteiger partial charge on any atom is -0.508 e. The fraction of sp³-hybridized carbons (Fsp3) is 0.500. The Morgan fingerprint density at radius 2 is 1.86 bits per heavy atom. The molecule has 1 fully saturated rings. The van der Waals surface area contributed by atoms with Crippen molar-refractivity contribution in [2.45, 2.75) is 50.5 Å². The van der Waals surface area contributed by atoms with Crippen LogP contribution in [0.3, 0.4) is 0 Å². The third-order valence-corrected chi connectivity index (χ3v) is 5.75. The van der Waals surface area contributed by atoms with Crippen LogP contribution in [0.4, 0.5) is 0 Å². The summed E-state index contributed by atoms with van der Waals surface area (Å²) in [5.74, 6) is 2.94. The first-order chi connectivity index (χ1) is 10.6. The SMILES string of the molecule is Oc1ccc(Cl)c(Cl)c1[C@@H]1Cc2nnc(C3CCCC3)n2C1. The van der Waals surface area contributed by atoms with Crippen LogP contribution in [0.25, 0.3) is 0 Å². The molecule has 1 aliphatic heterocycles. The monoisotopic (exact) mass is 337 g/mol. The van der Waals surface area contributed by atoms with Gasteiger partial charge in [0.05, 0.1) is 10.0 Å². The first kappa shape index (κ1) is 14.3. The number of halogens is 2. The lowest BCUT2D eigenvalue weighted by molar-refractivity contribution is 0.457. The quantitative estimate of drug-likeness (QED) is 0.889. The summed E-state index contributed by atoms with van der Waals surface area (Å²) in [5, 5.41) is 19.9. The zero-order chi connectivity index (χ0) is 15.3. The molecule has 0 bridgehead atoms. The molecule has 1 aromatic carbocycles. The number of aromatic nitrogens is 3. The zero-order valence-electron chi connectivity index (χ0n) is 12.1. The second-order valence-electron chi connectivity index (χ2n) is 6.26. The molecule has 116 valence electrons. The number of benzene rings is 1. The second-order valence-corrected chi connectivity index (χ2v) is 7.05. The van der Waals surface area contributed by atoms with E-state index >= 15 is 0 Å². The maximum absolute atomic E-state index is 10.2. The molecular formula is C16H17Cl2N3O. The summed E-state index contributed by atoms with van der Waals surface area (Å²) < 4.78 is 2.22. The summed E-state index contributed by atoms with van der Waals surface area (Å²) in [6.45, 7) is 0.766. The van der Waals surface area contributed by atoms with Crippen LogP contribution >= 0.6 is 23.2 Å². The van der Waals surface area contributed by atoms with E-state index in [0.717, 1.165) is 30.2 Å². The maximum atomic E-state index is 10.2. The van der Waals surface area contributed by atoms with Crippen molar-refractivity contribution in [1.29, 1.82) is 0 Å². The molecule has 0 amide bonds. The number of rotatable bonds is 2. The second kappa shape index (κ2) is 5.43. The van der Waals surface area contributed by atoms with Gasteiger partial charge in [-0.3, -0.25) is 0 Å². The summed E-state index contributed by atoms with van der Waals surface area (Å²) >= 11 is 12.4. The van der Waals surface area contributed by atoms with E-state index in [4.69, 9.17) is 23.2 Å². The molecule has 4 nitrogen and oxygen atoms in total. The first-order valence-corrected chi connectivity index (χ1v) is 8.49. The number of hydrogen-bond donors (Lipinski definition) is 1. The van der Waals surface area contributed by atoms with Crippen LogP contribution in [0.2, 0.25) is 10.0 Å². The van der Waals surface area contributed by atoms with E-state index in [1.807, 2.05) is 0 Å². The van der Waals surface area contributed by atoms with Gasteiger partial charge >= 0.3 is 0 Å². The van der Waals surface area contributed by atoms with Crippen molar-refractivity contribution in [3.63, 3.8) is 0 Å². The summed E-state index contributed by atoms with van der Waals surface area (Å²) in [6.07, 6.45) is 5.69. The Morgan fingerprint density at radius 3 is 2.64 bits per heavy atom. The van der Waals surface area contributed by atoms with E-state index in [-0.39, 0.29) is 11.7 Å². The van der Waals surface area contributed by atoms with Crippen LogP contribution in [0, 0.1) is 0 Å². The molecule has 6 heteroatoms. The van der Waals surface area contributed by atoms with E-state index in [2.05, 4.69) is 14.8 Å². The number of phenolic OH excluding ortho intramolecular Hbond substituents is 1. The van der Waals surface area contributed by atoms with Gasteiger partial charge in [0.15, 0.2) is 0 Å². The van der Waals surface area contributed by atoms with Crippen LogP contribution in [0.1, 0.15) is 54.7 Å². The fourth-order valence-electron chi connectivity index (χ4n) is 3.83. The summed E-state index contributed by atoms with van der Waals surface area (Å²) in [5.41, 5.74) is 0.733. The van der Waals surface area contributed by atoms with Crippen LogP contribution in [0.15, 0.2) is 12.1 Å². The number of fused-ring (bicyclic) bond motifs is 1. The van der Waals surface area contributed by atoms with E-state index in [9.17, 15) is 5.11 Å². The Bertz CT molecular complexity index is 722. The van der Waals surface area contributed by atoms with E-state index in [1.165, 1.54) is 25.7 Å². The van der Waals surface area contributed by atoms with E-state index < -0.39 is 0 Å². The molecule has 0 unspecified atom stereocenters. The molecule has 0 radical (unpaired) electrons. The van der Waals surface area contributed by atoms with Crippen molar-refractivity contribution in [1.82, 2.24) is 14.8 Å². The van der Waals surface area contributed by atoms with Gasteiger partial charge in [0, 0.05) is 30.4 Å². The Morgan fingerprint density at radius 1 is 1.09 bits per heavy atom. The topological polar surface area (TPSA) is 50.9 Å². The lowest BCUT2D eigenvalue weighted by Gasteiger charge is -2.16. The van der Waals surface area contributed by atoms with Gasteiger partial charge < -0.3 is 9.67 Å². The van der Waals surface area contributed by atoms with Gasteiger partial charge in [0.1, 0.15) is 17.4 Å². The number of hydrogen-bond acceptors (Lipinski definition) is 3. The lowest BCUT2D eigenvalue weighted by Crippen LogP contribution is -2.08. The molecular weight excluding hydrogens is 321 g/mol. The van der Waals surface area contributed by atoms with Crippen molar-refractivity contribution in [2.75, 3.05) is 0 Å². The molecule has 1 saturated carbocycles. The minimum atomic E-state index is 0.108. The summed E-state index contributed by atoms with van der Waals surface area (Å²) in [6, 6.07) is 3.24. The average Bonchev–Trinajstić information content (AvgIpc) is 3.18. The predicted molar refractivity (Wildman–Crippen MR) is 85.8 cm³/mol. The Balaban J connectivity index is 1.67. The molecule has 22 heavy (non-hydrogen) atoms. The van der Waals surface area contributed by atoms with Gasteiger partial charge in [-0.15, -0.1) is 10.2 Å². The highest BCUT2D eigenvalue weighted by Crippen LogP contribution is 2.43. The lowest BCUT2D eigenvalue weighted by atomic mass is 9.96. The molecule has 2 heterocycles. The van der Waals surface area contributed by atoms with E-state index in [1.54, 1.807) is 12.1 Å². The molecule has 1 aliphatic carbocycles. The molecule has 1 N–H and O–H groups in total. The number of phenols is 1. The smallest absolute Gasteiger partial charge is 0.136 e. The molecule has 4 rings (SSSR count). The highest BCUT2D eigenvalue weighted by Gasteiger charge is 2.33. The van der Waals surface area contributed by atoms with Gasteiger partial charge in [-0.05, 0) is 25.0 Å². The third kappa shape index (κ3) is 2.20. The van der Waals surface area contributed by atoms with Gasteiger partial charge in [-0.1, -0.05) is 36.0 Å². The van der Waals surface area contributed by atoms with Crippen LogP contribution in [0.5, 0.6) is 5.75 Å². The number of aromatic hydroxyl groups is 1. The van der Waals surface area contributed by atoms with Crippen LogP contribution in [-0.2, 0) is 13.0 Å². The fourth-order valence-corrected chi connectivity index (χ4v) is 4.31. The maximum Gasteiger partial charge on any atom is 0.136 e. The molecule has 0 saturated heterocycles. The summed E-state index contributed by atoms with van der Waals surface area (Å²) in [7, 11) is 0. The molecule has 1 atom stereocenters. The van der Waals surface area contributed by atoms with Crippen molar-refractivity contribution < 1.29 is 5.11 Å². The zero-order valence-corrected chi connectivity index (χ0v) is 13.6. The Labute approximate surface area is 139 Å². The van der Waals surface area contributed by atoms with Crippen molar-refractivity contribution >= 4 is 23.2 Å². The molecule has 0 spiro atoms. The predicted octanol–water partition coefficient (Wildman–Crippen LogP) is 4.29. The van der Waals surface area contributed by atoms with Crippen molar-refractivity contribution in [3.05, 3.63) is 39.4 Å². The highest BCUT2D eigenvalue weighted by molar-refractivity contribution is 6.42. The normalized spacial score (nSPS) is 21.5. The number of nitrogens with zero attached hydrogens (tertiary/aromatic N) is 3. The van der Waals surface area contributed by atoms with Gasteiger partial charge in [0.25, 0.3) is 0 Å². The van der Waals surface area contributed by atoms with Crippen LogP contribution in [-0.4, -0.2) is 19.9 Å².